The average molecular weight is 599 g/mol. The lowest BCUT2D eigenvalue weighted by molar-refractivity contribution is 0.0522. The molecule has 0 atom stereocenters. The highest BCUT2D eigenvalue weighted by atomic mass is 35.5. The number of carbonyl (C=O) groups excluding carboxylic acids is 1. The van der Waals surface area contributed by atoms with Crippen LogP contribution < -0.4 is 5.32 Å². The zero-order chi connectivity index (χ0) is 29.4. The Labute approximate surface area is 240 Å². The summed E-state index contributed by atoms with van der Waals surface area (Å²) < 4.78 is 40.6. The van der Waals surface area contributed by atoms with Crippen LogP contribution in [0.2, 0.25) is 5.02 Å². The van der Waals surface area contributed by atoms with Gasteiger partial charge < -0.3 is 14.5 Å². The number of aryl methyl sites for hydroxylation is 1. The number of hydrogen-bond donors (Lipinski definition) is 1. The molecule has 0 aliphatic heterocycles. The van der Waals surface area contributed by atoms with Crippen LogP contribution in [0, 0.1) is 0 Å². The number of nitrogens with zero attached hydrogens (tertiary/aromatic N) is 5. The molecule has 5 aromatic rings. The van der Waals surface area contributed by atoms with Crippen LogP contribution in [0.3, 0.4) is 0 Å². The predicted octanol–water partition coefficient (Wildman–Crippen LogP) is 5.72. The molecule has 0 spiro atoms. The molecule has 12 nitrogen and oxygen atoms in total. The van der Waals surface area contributed by atoms with E-state index >= 15 is 0 Å². The molecule has 0 amide bonds. The molecule has 0 unspecified atom stereocenters. The number of anilines is 2. The minimum atomic E-state index is -3.61. The highest BCUT2D eigenvalue weighted by Gasteiger charge is 2.26. The van der Waals surface area contributed by atoms with Gasteiger partial charge in [-0.2, -0.15) is 18.2 Å². The molecule has 0 saturated heterocycles. The Morgan fingerprint density at radius 2 is 1.90 bits per heavy atom. The van der Waals surface area contributed by atoms with E-state index in [0.717, 1.165) is 16.3 Å². The van der Waals surface area contributed by atoms with E-state index in [4.69, 9.17) is 24.9 Å². The molecular weight excluding hydrogens is 572 g/mol. The summed E-state index contributed by atoms with van der Waals surface area (Å²) in [6.07, 6.45) is 7.32. The second kappa shape index (κ2) is 11.1. The van der Waals surface area contributed by atoms with Gasteiger partial charge in [-0.1, -0.05) is 11.6 Å². The van der Waals surface area contributed by atoms with Gasteiger partial charge in [-0.05, 0) is 57.9 Å². The Hall–Kier alpha value is -4.07. The SMILES string of the molecule is CC(C)(C)OC(=O)n1nc(CCCOS(C)(=O)=O)c2c(Nc3c(-c4ncccn4)oc4cnccc34)ccc(Cl)c21. The number of halogens is 1. The van der Waals surface area contributed by atoms with Crippen LogP contribution in [0.1, 0.15) is 32.9 Å². The number of fused-ring (bicyclic) bond motifs is 2. The molecule has 5 rings (SSSR count). The quantitative estimate of drug-likeness (QED) is 0.172. The van der Waals surface area contributed by atoms with Gasteiger partial charge in [0.25, 0.3) is 10.1 Å². The highest BCUT2D eigenvalue weighted by molar-refractivity contribution is 7.85. The fraction of sp³-hybridized carbons (Fsp3) is 0.296. The summed E-state index contributed by atoms with van der Waals surface area (Å²) in [5, 5.41) is 9.53. The summed E-state index contributed by atoms with van der Waals surface area (Å²) in [4.78, 5) is 26.0. The maximum absolute atomic E-state index is 13.2. The Bertz CT molecular complexity index is 1850. The summed E-state index contributed by atoms with van der Waals surface area (Å²) >= 11 is 6.64. The Morgan fingerprint density at radius 1 is 1.15 bits per heavy atom. The Kier molecular flexibility index (Phi) is 7.68. The first-order valence-corrected chi connectivity index (χ1v) is 14.8. The standard InChI is InChI=1S/C27H27ClN6O6S/c1-27(2,3)40-26(35)34-23-17(28)8-9-18(21(23)19(33-34)7-5-14-38-41(4,36)37)32-22-16-10-13-29-15-20(16)39-24(22)25-30-11-6-12-31-25/h6,8-13,15,32H,5,7,14H2,1-4H3. The first kappa shape index (κ1) is 28.5. The Balaban J connectivity index is 1.65. The normalized spacial score (nSPS) is 12.2. The summed E-state index contributed by atoms with van der Waals surface area (Å²) in [6, 6.07) is 6.91. The maximum Gasteiger partial charge on any atom is 0.435 e. The molecule has 1 N–H and O–H groups in total. The van der Waals surface area contributed by atoms with Crippen molar-refractivity contribution in [2.75, 3.05) is 18.2 Å². The number of aromatic nitrogens is 5. The highest BCUT2D eigenvalue weighted by Crippen LogP contribution is 2.41. The van der Waals surface area contributed by atoms with Gasteiger partial charge in [0.1, 0.15) is 11.1 Å². The van der Waals surface area contributed by atoms with Gasteiger partial charge in [-0.25, -0.2) is 14.8 Å². The number of nitrogens with one attached hydrogen (secondary N) is 1. The molecule has 4 heterocycles. The summed E-state index contributed by atoms with van der Waals surface area (Å²) in [5.41, 5.74) is 1.70. The van der Waals surface area contributed by atoms with Crippen molar-refractivity contribution >= 4 is 61.1 Å². The molecule has 41 heavy (non-hydrogen) atoms. The lowest BCUT2D eigenvalue weighted by atomic mass is 10.1. The average Bonchev–Trinajstić information content (AvgIpc) is 3.47. The molecule has 214 valence electrons. The molecule has 0 aliphatic carbocycles. The van der Waals surface area contributed by atoms with Crippen molar-refractivity contribution < 1.29 is 26.5 Å². The van der Waals surface area contributed by atoms with E-state index in [-0.39, 0.29) is 18.1 Å². The number of benzene rings is 1. The van der Waals surface area contributed by atoms with Gasteiger partial charge in [-0.15, -0.1) is 0 Å². The van der Waals surface area contributed by atoms with E-state index < -0.39 is 21.8 Å². The molecule has 0 saturated carbocycles. The lowest BCUT2D eigenvalue weighted by Gasteiger charge is -2.19. The van der Waals surface area contributed by atoms with E-state index in [1.165, 1.54) is 0 Å². The monoisotopic (exact) mass is 598 g/mol. The fourth-order valence-corrected chi connectivity index (χ4v) is 4.89. The zero-order valence-corrected chi connectivity index (χ0v) is 24.3. The minimum absolute atomic E-state index is 0.0577. The van der Waals surface area contributed by atoms with Crippen molar-refractivity contribution in [1.29, 1.82) is 0 Å². The van der Waals surface area contributed by atoms with Crippen molar-refractivity contribution in [3.8, 4) is 11.6 Å². The van der Waals surface area contributed by atoms with Crippen LogP contribution in [0.4, 0.5) is 16.2 Å². The van der Waals surface area contributed by atoms with Gasteiger partial charge >= 0.3 is 6.09 Å². The third-order valence-electron chi connectivity index (χ3n) is 5.79. The Morgan fingerprint density at radius 3 is 2.61 bits per heavy atom. The number of carbonyl (C=O) groups is 1. The maximum atomic E-state index is 13.2. The fourth-order valence-electron chi connectivity index (χ4n) is 4.24. The van der Waals surface area contributed by atoms with E-state index in [0.29, 0.717) is 51.6 Å². The smallest absolute Gasteiger partial charge is 0.435 e. The van der Waals surface area contributed by atoms with Crippen LogP contribution in [0.5, 0.6) is 0 Å². The van der Waals surface area contributed by atoms with E-state index in [9.17, 15) is 13.2 Å². The summed E-state index contributed by atoms with van der Waals surface area (Å²) in [6.45, 7) is 5.19. The van der Waals surface area contributed by atoms with Crippen molar-refractivity contribution in [3.63, 3.8) is 0 Å². The van der Waals surface area contributed by atoms with Gasteiger partial charge in [0.05, 0.1) is 41.2 Å². The number of ether oxygens (including phenoxy) is 1. The number of furan rings is 1. The largest absolute Gasteiger partial charge is 0.449 e. The molecule has 0 fully saturated rings. The van der Waals surface area contributed by atoms with Crippen LogP contribution in [-0.4, -0.2) is 57.7 Å². The van der Waals surface area contributed by atoms with Crippen LogP contribution in [0.25, 0.3) is 33.5 Å². The van der Waals surface area contributed by atoms with Crippen LogP contribution >= 0.6 is 11.6 Å². The zero-order valence-electron chi connectivity index (χ0n) is 22.7. The third kappa shape index (κ3) is 6.32. The van der Waals surface area contributed by atoms with E-state index in [1.807, 2.05) is 0 Å². The molecular formula is C27H27ClN6O6S. The molecule has 4 aromatic heterocycles. The van der Waals surface area contributed by atoms with Crippen LogP contribution in [0.15, 0.2) is 53.5 Å². The number of pyridine rings is 1. The van der Waals surface area contributed by atoms with Crippen molar-refractivity contribution in [2.24, 2.45) is 0 Å². The summed E-state index contributed by atoms with van der Waals surface area (Å²) in [5.74, 6) is 0.748. The van der Waals surface area contributed by atoms with Crippen molar-refractivity contribution in [3.05, 3.63) is 59.8 Å². The van der Waals surface area contributed by atoms with Crippen LogP contribution in [-0.2, 0) is 25.5 Å². The minimum Gasteiger partial charge on any atom is -0.449 e. The first-order chi connectivity index (χ1) is 19.4. The van der Waals surface area contributed by atoms with Gasteiger partial charge in [0.15, 0.2) is 17.2 Å². The lowest BCUT2D eigenvalue weighted by Crippen LogP contribution is -2.27. The summed E-state index contributed by atoms with van der Waals surface area (Å²) in [7, 11) is -3.61. The predicted molar refractivity (Wildman–Crippen MR) is 154 cm³/mol. The van der Waals surface area contributed by atoms with Gasteiger partial charge in [0.2, 0.25) is 0 Å². The number of hydrogen-bond acceptors (Lipinski definition) is 11. The molecule has 0 radical (unpaired) electrons. The third-order valence-corrected chi connectivity index (χ3v) is 6.69. The van der Waals surface area contributed by atoms with Gasteiger partial charge in [-0.3, -0.25) is 9.17 Å². The van der Waals surface area contributed by atoms with Gasteiger partial charge in [0, 0.05) is 29.4 Å². The molecule has 14 heteroatoms. The van der Waals surface area contributed by atoms with E-state index in [2.05, 4.69) is 25.4 Å². The first-order valence-electron chi connectivity index (χ1n) is 12.6. The molecule has 1 aromatic carbocycles. The van der Waals surface area contributed by atoms with Crippen molar-refractivity contribution in [2.45, 2.75) is 39.2 Å². The molecule has 0 aliphatic rings. The van der Waals surface area contributed by atoms with Crippen molar-refractivity contribution in [1.82, 2.24) is 24.7 Å². The molecule has 0 bridgehead atoms. The topological polar surface area (TPSA) is 151 Å². The second-order valence-electron chi connectivity index (χ2n) is 10.2. The number of rotatable bonds is 8. The second-order valence-corrected chi connectivity index (χ2v) is 12.2. The van der Waals surface area contributed by atoms with E-state index in [1.54, 1.807) is 69.8 Å².